The molecule has 0 aromatic rings. The molecule has 0 bridgehead atoms. The first-order chi connectivity index (χ1) is 5.54. The second-order valence-electron chi connectivity index (χ2n) is 3.03. The average molecular weight is 173 g/mol. The Kier molecular flexibility index (Phi) is 2.21. The lowest BCUT2D eigenvalue weighted by atomic mass is 10.0. The molecule has 0 saturated carbocycles. The number of nitrogens with zero attached hydrogens (tertiary/aromatic N) is 1. The van der Waals surface area contributed by atoms with Gasteiger partial charge in [-0.15, -0.1) is 0 Å². The van der Waals surface area contributed by atoms with Crippen molar-refractivity contribution in [2.24, 2.45) is 5.92 Å². The van der Waals surface area contributed by atoms with Gasteiger partial charge in [0.15, 0.2) is 0 Å². The van der Waals surface area contributed by atoms with Crippen LogP contribution in [0, 0.1) is 5.92 Å². The fraction of sp³-hybridized carbons (Fsp3) is 0.714. The van der Waals surface area contributed by atoms with Crippen molar-refractivity contribution in [3.05, 3.63) is 0 Å². The van der Waals surface area contributed by atoms with Gasteiger partial charge < -0.3 is 10.2 Å². The average Bonchev–Trinajstić information content (AvgIpc) is 2.30. The Labute approximate surface area is 69.6 Å². The van der Waals surface area contributed by atoms with Gasteiger partial charge in [-0.25, -0.2) is 9.59 Å². The molecule has 1 aliphatic rings. The Hall–Kier alpha value is -1.26. The minimum absolute atomic E-state index is 0.0846. The van der Waals surface area contributed by atoms with Gasteiger partial charge in [0.2, 0.25) is 0 Å². The predicted octanol–water partition coefficient (Wildman–Crippen LogP) is 0.459. The van der Waals surface area contributed by atoms with Crippen LogP contribution < -0.4 is 0 Å². The summed E-state index contributed by atoms with van der Waals surface area (Å²) in [5, 5.41) is 17.3. The molecule has 0 aromatic carbocycles. The second kappa shape index (κ2) is 3.00. The van der Waals surface area contributed by atoms with Crippen LogP contribution in [-0.4, -0.2) is 39.8 Å². The Balaban J connectivity index is 2.77. The summed E-state index contributed by atoms with van der Waals surface area (Å²) in [7, 11) is 0. The zero-order valence-corrected chi connectivity index (χ0v) is 6.73. The molecule has 0 radical (unpaired) electrons. The summed E-state index contributed by atoms with van der Waals surface area (Å²) in [6, 6.07) is -0.859. The van der Waals surface area contributed by atoms with Gasteiger partial charge in [0.1, 0.15) is 6.04 Å². The summed E-state index contributed by atoms with van der Waals surface area (Å²) in [6.45, 7) is 2.08. The number of likely N-dealkylation sites (tertiary alicyclic amines) is 1. The molecule has 5 nitrogen and oxygen atoms in total. The molecular formula is C7H11NO4. The van der Waals surface area contributed by atoms with Gasteiger partial charge in [-0.3, -0.25) is 4.90 Å². The van der Waals surface area contributed by atoms with E-state index in [9.17, 15) is 9.59 Å². The van der Waals surface area contributed by atoms with Gasteiger partial charge in [0.25, 0.3) is 0 Å². The number of rotatable bonds is 1. The van der Waals surface area contributed by atoms with E-state index in [2.05, 4.69) is 0 Å². The van der Waals surface area contributed by atoms with Crippen LogP contribution >= 0.6 is 0 Å². The Bertz CT molecular complexity index is 215. The van der Waals surface area contributed by atoms with E-state index >= 15 is 0 Å². The summed E-state index contributed by atoms with van der Waals surface area (Å²) >= 11 is 0. The number of carboxylic acid groups (broad SMARTS) is 2. The third kappa shape index (κ3) is 1.34. The van der Waals surface area contributed by atoms with Crippen molar-refractivity contribution in [1.82, 2.24) is 4.90 Å². The number of carboxylic acids is 1. The van der Waals surface area contributed by atoms with Crippen molar-refractivity contribution in [2.75, 3.05) is 6.54 Å². The van der Waals surface area contributed by atoms with E-state index in [0.717, 1.165) is 4.90 Å². The normalized spacial score (nSPS) is 28.9. The van der Waals surface area contributed by atoms with Crippen LogP contribution in [-0.2, 0) is 4.79 Å². The fourth-order valence-electron chi connectivity index (χ4n) is 1.54. The predicted molar refractivity (Wildman–Crippen MR) is 39.9 cm³/mol. The van der Waals surface area contributed by atoms with Gasteiger partial charge in [-0.2, -0.15) is 0 Å². The quantitative estimate of drug-likeness (QED) is 0.603. The molecule has 1 aliphatic heterocycles. The first kappa shape index (κ1) is 8.83. The van der Waals surface area contributed by atoms with Crippen molar-refractivity contribution in [3.63, 3.8) is 0 Å². The fourth-order valence-corrected chi connectivity index (χ4v) is 1.54. The van der Waals surface area contributed by atoms with Gasteiger partial charge >= 0.3 is 12.1 Å². The van der Waals surface area contributed by atoms with E-state index in [1.165, 1.54) is 0 Å². The van der Waals surface area contributed by atoms with Crippen molar-refractivity contribution in [2.45, 2.75) is 19.4 Å². The molecule has 1 saturated heterocycles. The first-order valence-corrected chi connectivity index (χ1v) is 3.76. The monoisotopic (exact) mass is 173 g/mol. The third-order valence-electron chi connectivity index (χ3n) is 2.20. The smallest absolute Gasteiger partial charge is 0.408 e. The van der Waals surface area contributed by atoms with E-state index in [0.29, 0.717) is 13.0 Å². The minimum Gasteiger partial charge on any atom is -0.480 e. The second-order valence-corrected chi connectivity index (χ2v) is 3.03. The SMILES string of the molecule is CC1CCN(C(=O)O)C1C(=O)O. The molecule has 2 atom stereocenters. The molecule has 5 heteroatoms. The lowest BCUT2D eigenvalue weighted by molar-refractivity contribution is -0.142. The number of hydrogen-bond donors (Lipinski definition) is 2. The van der Waals surface area contributed by atoms with E-state index in [1.807, 2.05) is 0 Å². The van der Waals surface area contributed by atoms with Gasteiger partial charge in [-0.05, 0) is 12.3 Å². The molecule has 0 aliphatic carbocycles. The van der Waals surface area contributed by atoms with Crippen molar-refractivity contribution in [3.8, 4) is 0 Å². The number of aliphatic carboxylic acids is 1. The molecular weight excluding hydrogens is 162 g/mol. The van der Waals surface area contributed by atoms with Crippen LogP contribution in [0.3, 0.4) is 0 Å². The first-order valence-electron chi connectivity index (χ1n) is 3.76. The van der Waals surface area contributed by atoms with Crippen LogP contribution in [0.15, 0.2) is 0 Å². The van der Waals surface area contributed by atoms with E-state index in [-0.39, 0.29) is 5.92 Å². The number of carbonyl (C=O) groups is 2. The highest BCUT2D eigenvalue weighted by Gasteiger charge is 2.39. The highest BCUT2D eigenvalue weighted by molar-refractivity contribution is 5.80. The van der Waals surface area contributed by atoms with Gasteiger partial charge in [0.05, 0.1) is 0 Å². The van der Waals surface area contributed by atoms with Gasteiger partial charge in [-0.1, -0.05) is 6.92 Å². The summed E-state index contributed by atoms with van der Waals surface area (Å²) in [5.74, 6) is -1.14. The molecule has 2 unspecified atom stereocenters. The standard InChI is InChI=1S/C7H11NO4/c1-4-2-3-8(7(11)12)5(4)6(9)10/h4-5H,2-3H2,1H3,(H,9,10)(H,11,12). The van der Waals surface area contributed by atoms with E-state index in [4.69, 9.17) is 10.2 Å². The molecule has 1 heterocycles. The van der Waals surface area contributed by atoms with Crippen LogP contribution in [0.5, 0.6) is 0 Å². The molecule has 1 rings (SSSR count). The number of amides is 1. The van der Waals surface area contributed by atoms with E-state index < -0.39 is 18.1 Å². The minimum atomic E-state index is -1.15. The number of hydrogen-bond acceptors (Lipinski definition) is 2. The highest BCUT2D eigenvalue weighted by atomic mass is 16.4. The molecule has 2 N–H and O–H groups in total. The topological polar surface area (TPSA) is 77.8 Å². The van der Waals surface area contributed by atoms with Crippen molar-refractivity contribution in [1.29, 1.82) is 0 Å². The lowest BCUT2D eigenvalue weighted by Crippen LogP contribution is -2.41. The molecule has 12 heavy (non-hydrogen) atoms. The molecule has 0 spiro atoms. The molecule has 68 valence electrons. The third-order valence-corrected chi connectivity index (χ3v) is 2.20. The maximum absolute atomic E-state index is 10.6. The van der Waals surface area contributed by atoms with Crippen molar-refractivity contribution >= 4 is 12.1 Å². The molecule has 1 amide bonds. The highest BCUT2D eigenvalue weighted by Crippen LogP contribution is 2.23. The van der Waals surface area contributed by atoms with Crippen LogP contribution in [0.25, 0.3) is 0 Å². The Morgan fingerprint density at radius 3 is 2.33 bits per heavy atom. The molecule has 0 aromatic heterocycles. The van der Waals surface area contributed by atoms with E-state index in [1.54, 1.807) is 6.92 Å². The molecule has 1 fully saturated rings. The van der Waals surface area contributed by atoms with Crippen LogP contribution in [0.4, 0.5) is 4.79 Å². The Morgan fingerprint density at radius 2 is 2.00 bits per heavy atom. The lowest BCUT2D eigenvalue weighted by Gasteiger charge is -2.19. The maximum atomic E-state index is 10.6. The van der Waals surface area contributed by atoms with Crippen LogP contribution in [0.1, 0.15) is 13.3 Å². The Morgan fingerprint density at radius 1 is 1.42 bits per heavy atom. The zero-order valence-electron chi connectivity index (χ0n) is 6.73. The van der Waals surface area contributed by atoms with Gasteiger partial charge in [0, 0.05) is 6.54 Å². The summed E-state index contributed by atoms with van der Waals surface area (Å²) in [5.41, 5.74) is 0. The summed E-state index contributed by atoms with van der Waals surface area (Å²) in [6.07, 6.45) is -0.518. The maximum Gasteiger partial charge on any atom is 0.408 e. The summed E-state index contributed by atoms with van der Waals surface area (Å²) in [4.78, 5) is 22.1. The van der Waals surface area contributed by atoms with Crippen LogP contribution in [0.2, 0.25) is 0 Å². The summed E-state index contributed by atoms with van der Waals surface area (Å²) < 4.78 is 0. The van der Waals surface area contributed by atoms with Crippen molar-refractivity contribution < 1.29 is 19.8 Å². The zero-order chi connectivity index (χ0) is 9.30. The largest absolute Gasteiger partial charge is 0.480 e.